The topological polar surface area (TPSA) is 36.7 Å². The van der Waals surface area contributed by atoms with Crippen LogP contribution in [0.25, 0.3) is 0 Å². The predicted octanol–water partition coefficient (Wildman–Crippen LogP) is 4.04. The molecule has 0 saturated heterocycles. The van der Waals surface area contributed by atoms with Crippen LogP contribution in [0.15, 0.2) is 41.6 Å². The van der Waals surface area contributed by atoms with Gasteiger partial charge in [0.15, 0.2) is 0 Å². The Balaban J connectivity index is 2.14. The van der Waals surface area contributed by atoms with Gasteiger partial charge in [-0.3, -0.25) is 0 Å². The summed E-state index contributed by atoms with van der Waals surface area (Å²) in [5.74, 6) is 0.0550. The molecule has 0 aliphatic heterocycles. The fourth-order valence-electron chi connectivity index (χ4n) is 1.37. The summed E-state index contributed by atoms with van der Waals surface area (Å²) in [4.78, 5) is 4.11. The highest BCUT2D eigenvalue weighted by Crippen LogP contribution is 2.27. The number of hydrogen-bond acceptors (Lipinski definition) is 3. The molecule has 0 aliphatic carbocycles. The predicted molar refractivity (Wildman–Crippen MR) is 69.9 cm³/mol. The molecule has 90 valence electrons. The number of aromatic nitrogens is 1. The number of benzene rings is 1. The number of nitriles is 1. The first-order valence-corrected chi connectivity index (χ1v) is 6.49. The molecule has 1 heterocycles. The summed E-state index contributed by atoms with van der Waals surface area (Å²) in [7, 11) is 0. The number of pyridine rings is 1. The standard InChI is InChI=1S/C13H8ClFN2S/c14-11-2-1-3-12(15)10(11)8-18-13-6-9(7-16)4-5-17-13/h1-6H,8H2. The molecule has 0 fully saturated rings. The Morgan fingerprint density at radius 3 is 2.94 bits per heavy atom. The van der Waals surface area contributed by atoms with E-state index in [1.807, 2.05) is 6.07 Å². The van der Waals surface area contributed by atoms with Gasteiger partial charge in [0, 0.05) is 22.5 Å². The molecular formula is C13H8ClFN2S. The minimum atomic E-state index is -0.327. The Morgan fingerprint density at radius 1 is 1.39 bits per heavy atom. The lowest BCUT2D eigenvalue weighted by atomic mass is 10.2. The molecule has 0 spiro atoms. The maximum atomic E-state index is 13.5. The molecular weight excluding hydrogens is 271 g/mol. The van der Waals surface area contributed by atoms with Gasteiger partial charge >= 0.3 is 0 Å². The van der Waals surface area contributed by atoms with Crippen molar-refractivity contribution in [2.75, 3.05) is 0 Å². The van der Waals surface area contributed by atoms with Crippen LogP contribution >= 0.6 is 23.4 Å². The van der Waals surface area contributed by atoms with E-state index in [9.17, 15) is 4.39 Å². The van der Waals surface area contributed by atoms with E-state index in [1.54, 1.807) is 30.5 Å². The van der Waals surface area contributed by atoms with E-state index in [4.69, 9.17) is 16.9 Å². The third kappa shape index (κ3) is 3.00. The van der Waals surface area contributed by atoms with Crippen molar-refractivity contribution >= 4 is 23.4 Å². The number of nitrogens with zero attached hydrogens (tertiary/aromatic N) is 2. The van der Waals surface area contributed by atoms with Gasteiger partial charge in [-0.1, -0.05) is 17.7 Å². The highest BCUT2D eigenvalue weighted by molar-refractivity contribution is 7.98. The lowest BCUT2D eigenvalue weighted by Gasteiger charge is -2.05. The molecule has 2 aromatic rings. The van der Waals surface area contributed by atoms with Crippen LogP contribution in [0.2, 0.25) is 5.02 Å². The zero-order chi connectivity index (χ0) is 13.0. The van der Waals surface area contributed by atoms with E-state index < -0.39 is 0 Å². The second-order valence-electron chi connectivity index (χ2n) is 3.48. The molecule has 2 nitrogen and oxygen atoms in total. The summed E-state index contributed by atoms with van der Waals surface area (Å²) in [5, 5.41) is 9.84. The summed E-state index contributed by atoms with van der Waals surface area (Å²) < 4.78 is 13.5. The molecule has 1 aromatic carbocycles. The molecule has 0 amide bonds. The third-order valence-electron chi connectivity index (χ3n) is 2.29. The molecule has 18 heavy (non-hydrogen) atoms. The first-order valence-electron chi connectivity index (χ1n) is 5.12. The minimum absolute atomic E-state index is 0.327. The highest BCUT2D eigenvalue weighted by Gasteiger charge is 2.08. The average Bonchev–Trinajstić information content (AvgIpc) is 2.38. The first kappa shape index (κ1) is 12.9. The van der Waals surface area contributed by atoms with Gasteiger partial charge in [0.2, 0.25) is 0 Å². The van der Waals surface area contributed by atoms with Gasteiger partial charge in [-0.05, 0) is 24.3 Å². The number of thioether (sulfide) groups is 1. The van der Waals surface area contributed by atoms with E-state index in [1.165, 1.54) is 17.8 Å². The van der Waals surface area contributed by atoms with E-state index >= 15 is 0 Å². The van der Waals surface area contributed by atoms with Crippen LogP contribution in [0.4, 0.5) is 4.39 Å². The minimum Gasteiger partial charge on any atom is -0.250 e. The Hall–Kier alpha value is -1.57. The van der Waals surface area contributed by atoms with Crippen molar-refractivity contribution in [3.63, 3.8) is 0 Å². The first-order chi connectivity index (χ1) is 8.70. The summed E-state index contributed by atoms with van der Waals surface area (Å²) in [6.45, 7) is 0. The Kier molecular flexibility index (Phi) is 4.19. The maximum Gasteiger partial charge on any atom is 0.128 e. The van der Waals surface area contributed by atoms with Crippen LogP contribution in [0, 0.1) is 17.1 Å². The van der Waals surface area contributed by atoms with Gasteiger partial charge in [-0.15, -0.1) is 11.8 Å². The number of hydrogen-bond donors (Lipinski definition) is 0. The number of rotatable bonds is 3. The van der Waals surface area contributed by atoms with Crippen LogP contribution in [0.1, 0.15) is 11.1 Å². The molecule has 1 aromatic heterocycles. The third-order valence-corrected chi connectivity index (χ3v) is 3.60. The summed E-state index contributed by atoms with van der Waals surface area (Å²) in [6, 6.07) is 9.92. The molecule has 0 bridgehead atoms. The van der Waals surface area contributed by atoms with E-state index in [0.29, 0.717) is 26.9 Å². The molecule has 5 heteroatoms. The van der Waals surface area contributed by atoms with Crippen LogP contribution in [0.3, 0.4) is 0 Å². The molecule has 0 atom stereocenters. The normalized spacial score (nSPS) is 10.1. The SMILES string of the molecule is N#Cc1ccnc(SCc2c(F)cccc2Cl)c1. The second-order valence-corrected chi connectivity index (χ2v) is 4.89. The van der Waals surface area contributed by atoms with Crippen LogP contribution in [-0.2, 0) is 5.75 Å². The van der Waals surface area contributed by atoms with Crippen LogP contribution in [-0.4, -0.2) is 4.98 Å². The summed E-state index contributed by atoms with van der Waals surface area (Å²) >= 11 is 7.27. The number of halogens is 2. The van der Waals surface area contributed by atoms with Gasteiger partial charge in [0.25, 0.3) is 0 Å². The van der Waals surface area contributed by atoms with E-state index in [0.717, 1.165) is 0 Å². The molecule has 0 radical (unpaired) electrons. The Labute approximate surface area is 113 Å². The van der Waals surface area contributed by atoms with Crippen molar-refractivity contribution in [2.45, 2.75) is 10.8 Å². The second kappa shape index (κ2) is 5.85. The van der Waals surface area contributed by atoms with Gasteiger partial charge in [0.05, 0.1) is 16.7 Å². The van der Waals surface area contributed by atoms with Gasteiger partial charge < -0.3 is 0 Å². The van der Waals surface area contributed by atoms with Crippen molar-refractivity contribution in [2.24, 2.45) is 0 Å². The van der Waals surface area contributed by atoms with Crippen molar-refractivity contribution < 1.29 is 4.39 Å². The average molecular weight is 279 g/mol. The quantitative estimate of drug-likeness (QED) is 0.795. The molecule has 0 unspecified atom stereocenters. The fourth-order valence-corrected chi connectivity index (χ4v) is 2.61. The van der Waals surface area contributed by atoms with E-state index in [2.05, 4.69) is 4.98 Å². The highest BCUT2D eigenvalue weighted by atomic mass is 35.5. The molecule has 2 rings (SSSR count). The fraction of sp³-hybridized carbons (Fsp3) is 0.0769. The van der Waals surface area contributed by atoms with E-state index in [-0.39, 0.29) is 5.82 Å². The molecule has 0 N–H and O–H groups in total. The van der Waals surface area contributed by atoms with Gasteiger partial charge in [-0.25, -0.2) is 9.37 Å². The Morgan fingerprint density at radius 2 is 2.22 bits per heavy atom. The van der Waals surface area contributed by atoms with Gasteiger partial charge in [0.1, 0.15) is 5.82 Å². The smallest absolute Gasteiger partial charge is 0.128 e. The molecule has 0 saturated carbocycles. The van der Waals surface area contributed by atoms with Crippen molar-refractivity contribution in [3.05, 3.63) is 58.5 Å². The summed E-state index contributed by atoms with van der Waals surface area (Å²) in [5.41, 5.74) is 0.987. The van der Waals surface area contributed by atoms with Crippen molar-refractivity contribution in [3.8, 4) is 6.07 Å². The summed E-state index contributed by atoms with van der Waals surface area (Å²) in [6.07, 6.45) is 1.56. The monoisotopic (exact) mass is 278 g/mol. The van der Waals surface area contributed by atoms with Crippen LogP contribution < -0.4 is 0 Å². The van der Waals surface area contributed by atoms with Crippen molar-refractivity contribution in [1.82, 2.24) is 4.98 Å². The zero-order valence-electron chi connectivity index (χ0n) is 9.23. The lowest BCUT2D eigenvalue weighted by molar-refractivity contribution is 0.617. The van der Waals surface area contributed by atoms with Crippen LogP contribution in [0.5, 0.6) is 0 Å². The van der Waals surface area contributed by atoms with Crippen molar-refractivity contribution in [1.29, 1.82) is 5.26 Å². The zero-order valence-corrected chi connectivity index (χ0v) is 10.8. The largest absolute Gasteiger partial charge is 0.250 e. The maximum absolute atomic E-state index is 13.5. The molecule has 0 aliphatic rings. The van der Waals surface area contributed by atoms with Gasteiger partial charge in [-0.2, -0.15) is 5.26 Å². The Bertz CT molecular complexity index is 590. The lowest BCUT2D eigenvalue weighted by Crippen LogP contribution is -1.90.